The van der Waals surface area contributed by atoms with Gasteiger partial charge < -0.3 is 19.5 Å². The largest absolute Gasteiger partial charge is 0.391 e. The number of nitrogens with zero attached hydrogens (tertiary/aromatic N) is 3. The number of aryl methyl sites for hydroxylation is 1. The van der Waals surface area contributed by atoms with Crippen LogP contribution in [0.25, 0.3) is 0 Å². The smallest absolute Gasteiger partial charge is 0.263 e. The van der Waals surface area contributed by atoms with Gasteiger partial charge in [-0.3, -0.25) is 9.59 Å². The number of H-pyrrole nitrogens is 1. The van der Waals surface area contributed by atoms with Crippen LogP contribution in [0.15, 0.2) is 27.9 Å². The summed E-state index contributed by atoms with van der Waals surface area (Å²) < 4.78 is 5.14. The molecule has 0 aromatic carbocycles. The van der Waals surface area contributed by atoms with E-state index in [-0.39, 0.29) is 18.0 Å². The first-order valence-corrected chi connectivity index (χ1v) is 6.97. The minimum absolute atomic E-state index is 0.0224. The Kier molecular flexibility index (Phi) is 3.76. The molecule has 2 atom stereocenters. The van der Waals surface area contributed by atoms with Gasteiger partial charge in [0.1, 0.15) is 11.3 Å². The Labute approximate surface area is 125 Å². The van der Waals surface area contributed by atoms with Crippen molar-refractivity contribution in [3.8, 4) is 0 Å². The molecule has 116 valence electrons. The molecular formula is C14H16N4O4. The molecule has 0 unspecified atom stereocenters. The SMILES string of the molecule is Cc1cc(C[C@@H]2CN(C(=O)c3cnc[nH]c3=O)C[C@H]2O)on1. The maximum absolute atomic E-state index is 12.3. The first-order chi connectivity index (χ1) is 10.5. The summed E-state index contributed by atoms with van der Waals surface area (Å²) in [6, 6.07) is 1.81. The average molecular weight is 304 g/mol. The molecule has 2 N–H and O–H groups in total. The second-order valence-corrected chi connectivity index (χ2v) is 5.47. The molecule has 1 saturated heterocycles. The van der Waals surface area contributed by atoms with Gasteiger partial charge in [0.25, 0.3) is 11.5 Å². The van der Waals surface area contributed by atoms with Gasteiger partial charge in [0.15, 0.2) is 0 Å². The van der Waals surface area contributed by atoms with Gasteiger partial charge in [0.05, 0.1) is 18.1 Å². The monoisotopic (exact) mass is 304 g/mol. The van der Waals surface area contributed by atoms with Crippen LogP contribution in [-0.2, 0) is 6.42 Å². The molecule has 1 fully saturated rings. The number of rotatable bonds is 3. The van der Waals surface area contributed by atoms with Gasteiger partial charge in [-0.2, -0.15) is 0 Å². The van der Waals surface area contributed by atoms with E-state index in [9.17, 15) is 14.7 Å². The Hall–Kier alpha value is -2.48. The summed E-state index contributed by atoms with van der Waals surface area (Å²) in [7, 11) is 0. The highest BCUT2D eigenvalue weighted by molar-refractivity contribution is 5.93. The Morgan fingerprint density at radius 2 is 2.36 bits per heavy atom. The van der Waals surface area contributed by atoms with E-state index in [1.54, 1.807) is 0 Å². The van der Waals surface area contributed by atoms with E-state index < -0.39 is 17.6 Å². The van der Waals surface area contributed by atoms with Crippen LogP contribution in [0.5, 0.6) is 0 Å². The molecule has 0 bridgehead atoms. The second kappa shape index (κ2) is 5.72. The van der Waals surface area contributed by atoms with E-state index in [1.165, 1.54) is 17.4 Å². The number of aromatic nitrogens is 3. The maximum Gasteiger partial charge on any atom is 0.263 e. The molecule has 3 heterocycles. The van der Waals surface area contributed by atoms with Crippen LogP contribution in [0.3, 0.4) is 0 Å². The van der Waals surface area contributed by atoms with Gasteiger partial charge in [-0.15, -0.1) is 0 Å². The van der Waals surface area contributed by atoms with Crippen molar-refractivity contribution >= 4 is 5.91 Å². The molecule has 22 heavy (non-hydrogen) atoms. The van der Waals surface area contributed by atoms with Crippen LogP contribution in [-0.4, -0.2) is 50.2 Å². The van der Waals surface area contributed by atoms with Crippen LogP contribution in [0.2, 0.25) is 0 Å². The van der Waals surface area contributed by atoms with Gasteiger partial charge >= 0.3 is 0 Å². The van der Waals surface area contributed by atoms with E-state index in [4.69, 9.17) is 4.52 Å². The standard InChI is InChI=1S/C14H16N4O4/c1-8-2-10(22-17-8)3-9-5-18(6-12(9)19)14(21)11-4-15-7-16-13(11)20/h2,4,7,9,12,19H,3,5-6H2,1H3,(H,15,16,20)/t9-,12-/m1/s1. The number of hydrogen-bond donors (Lipinski definition) is 2. The van der Waals surface area contributed by atoms with Crippen LogP contribution in [0.1, 0.15) is 21.8 Å². The molecule has 0 saturated carbocycles. The predicted molar refractivity (Wildman–Crippen MR) is 75.2 cm³/mol. The molecular weight excluding hydrogens is 288 g/mol. The number of carbonyl (C=O) groups is 1. The minimum atomic E-state index is -0.662. The molecule has 8 heteroatoms. The van der Waals surface area contributed by atoms with Gasteiger partial charge in [-0.05, 0) is 6.92 Å². The van der Waals surface area contributed by atoms with Crippen LogP contribution in [0, 0.1) is 12.8 Å². The fourth-order valence-electron chi connectivity index (χ4n) is 2.66. The van der Waals surface area contributed by atoms with Crippen molar-refractivity contribution in [3.05, 3.63) is 46.0 Å². The first-order valence-electron chi connectivity index (χ1n) is 6.97. The third kappa shape index (κ3) is 2.77. The zero-order valence-corrected chi connectivity index (χ0v) is 12.0. The van der Waals surface area contributed by atoms with E-state index in [2.05, 4.69) is 15.1 Å². The molecule has 1 amide bonds. The van der Waals surface area contributed by atoms with Crippen molar-refractivity contribution in [3.63, 3.8) is 0 Å². The number of β-amino-alcohol motifs (C(OH)–C–C–N with tert-alkyl or cyclic N) is 1. The summed E-state index contributed by atoms with van der Waals surface area (Å²) in [6.07, 6.45) is 2.30. The van der Waals surface area contributed by atoms with Crippen molar-refractivity contribution in [2.75, 3.05) is 13.1 Å². The molecule has 3 rings (SSSR count). The highest BCUT2D eigenvalue weighted by Crippen LogP contribution is 2.22. The Bertz CT molecular complexity index is 738. The van der Waals surface area contributed by atoms with Crippen LogP contribution < -0.4 is 5.56 Å². The summed E-state index contributed by atoms with van der Waals surface area (Å²) in [5.41, 5.74) is 0.270. The average Bonchev–Trinajstić information content (AvgIpc) is 3.06. The summed E-state index contributed by atoms with van der Waals surface area (Å²) in [5, 5.41) is 13.9. The summed E-state index contributed by atoms with van der Waals surface area (Å²) >= 11 is 0. The van der Waals surface area contributed by atoms with Crippen LogP contribution >= 0.6 is 0 Å². The van der Waals surface area contributed by atoms with Gasteiger partial charge in [0, 0.05) is 37.7 Å². The second-order valence-electron chi connectivity index (χ2n) is 5.47. The zero-order valence-electron chi connectivity index (χ0n) is 12.0. The fraction of sp³-hybridized carbons (Fsp3) is 0.429. The third-order valence-electron chi connectivity index (χ3n) is 3.78. The normalized spacial score (nSPS) is 21.3. The molecule has 1 aliphatic heterocycles. The lowest BCUT2D eigenvalue weighted by Gasteiger charge is -2.14. The van der Waals surface area contributed by atoms with Crippen LogP contribution in [0.4, 0.5) is 0 Å². The fourth-order valence-corrected chi connectivity index (χ4v) is 2.66. The van der Waals surface area contributed by atoms with Crippen molar-refractivity contribution in [2.45, 2.75) is 19.4 Å². The van der Waals surface area contributed by atoms with E-state index in [0.29, 0.717) is 18.7 Å². The Morgan fingerprint density at radius 1 is 1.55 bits per heavy atom. The van der Waals surface area contributed by atoms with Crippen molar-refractivity contribution in [2.24, 2.45) is 5.92 Å². The summed E-state index contributed by atoms with van der Waals surface area (Å²) in [6.45, 7) is 2.36. The maximum atomic E-state index is 12.3. The first kappa shape index (κ1) is 14.5. The molecule has 0 radical (unpaired) electrons. The number of amides is 1. The van der Waals surface area contributed by atoms with Crippen molar-refractivity contribution < 1.29 is 14.4 Å². The predicted octanol–water partition coefficient (Wildman–Crippen LogP) is -0.258. The quantitative estimate of drug-likeness (QED) is 0.808. The van der Waals surface area contributed by atoms with Gasteiger partial charge in [0.2, 0.25) is 0 Å². The lowest BCUT2D eigenvalue weighted by atomic mass is 10.0. The molecule has 0 spiro atoms. The molecule has 2 aromatic rings. The summed E-state index contributed by atoms with van der Waals surface area (Å²) in [5.74, 6) is 0.103. The number of likely N-dealkylation sites (tertiary alicyclic amines) is 1. The van der Waals surface area contributed by atoms with E-state index in [1.807, 2.05) is 13.0 Å². The number of aliphatic hydroxyl groups excluding tert-OH is 1. The van der Waals surface area contributed by atoms with E-state index in [0.717, 1.165) is 5.69 Å². The number of carbonyl (C=O) groups excluding carboxylic acids is 1. The van der Waals surface area contributed by atoms with E-state index >= 15 is 0 Å². The third-order valence-corrected chi connectivity index (χ3v) is 3.78. The van der Waals surface area contributed by atoms with Crippen molar-refractivity contribution in [1.82, 2.24) is 20.0 Å². The molecule has 8 nitrogen and oxygen atoms in total. The number of hydrogen-bond acceptors (Lipinski definition) is 6. The van der Waals surface area contributed by atoms with Gasteiger partial charge in [-0.1, -0.05) is 5.16 Å². The summed E-state index contributed by atoms with van der Waals surface area (Å²) in [4.78, 5) is 31.6. The minimum Gasteiger partial charge on any atom is -0.391 e. The highest BCUT2D eigenvalue weighted by Gasteiger charge is 2.35. The zero-order chi connectivity index (χ0) is 15.7. The highest BCUT2D eigenvalue weighted by atomic mass is 16.5. The molecule has 1 aliphatic rings. The number of nitrogens with one attached hydrogen (secondary N) is 1. The molecule has 0 aliphatic carbocycles. The molecule has 2 aromatic heterocycles. The number of aromatic amines is 1. The lowest BCUT2D eigenvalue weighted by molar-refractivity contribution is 0.0762. The Morgan fingerprint density at radius 3 is 3.05 bits per heavy atom. The topological polar surface area (TPSA) is 112 Å². The van der Waals surface area contributed by atoms with Crippen molar-refractivity contribution in [1.29, 1.82) is 0 Å². The lowest BCUT2D eigenvalue weighted by Crippen LogP contribution is -2.33. The Balaban J connectivity index is 1.71. The van der Waals surface area contributed by atoms with Gasteiger partial charge in [-0.25, -0.2) is 4.98 Å². The number of aliphatic hydroxyl groups is 1.